The van der Waals surface area contributed by atoms with Gasteiger partial charge in [0.15, 0.2) is 23.0 Å². The fraction of sp³-hybridized carbons (Fsp3) is 0.152. The maximum atomic E-state index is 7.64. The molecule has 2 aliphatic rings. The fourth-order valence-corrected chi connectivity index (χ4v) is 14.1. The number of unbranched alkanes of at least 4 members (excludes halogenated alkanes) is 4. The van der Waals surface area contributed by atoms with Crippen LogP contribution in [0.15, 0.2) is 109 Å². The number of nitrogens with zero attached hydrogens (tertiary/aromatic N) is 8. The standard InChI is InChI=1S/C66H40Cl12N8O4.Zn/c1-3-5-17-27-87-55-47(71)39-35(43(67)51(55)75)59-79-63-40-36(44(68)52(76)56(48(40)72)88-28-18-6-4-2)60(81-63)83-65-42-38(46(70)54(78)58(50(42)74)90-34-26-16-14-24-32(34)30-21-11-8-12-22-30)62(85-65)86-66-41-37(61(84-66)82-64(39)80-59)45(69)53(77)57(49(41)73)89-33-25-15-13-23-31(33)29-19-9-7-10-20-29;/h7-16,19-26H,3-6,17-18,27-28H2,1-2H3;/q-2;+2. The Morgan fingerprint density at radius 3 is 1.04 bits per heavy atom. The molecular formula is C66H40Cl12N8O4Zn. The van der Waals surface area contributed by atoms with E-state index in [0.717, 1.165) is 47.9 Å². The van der Waals surface area contributed by atoms with Crippen molar-refractivity contribution in [3.8, 4) is 102 Å². The first-order chi connectivity index (χ1) is 43.6. The van der Waals surface area contributed by atoms with Crippen molar-refractivity contribution in [1.29, 1.82) is 0 Å². The van der Waals surface area contributed by atoms with Gasteiger partial charge in [0.05, 0.1) is 76.7 Å². The molecule has 8 bridgehead atoms. The molecule has 454 valence electrons. The van der Waals surface area contributed by atoms with Crippen LogP contribution in [-0.2, 0) is 19.5 Å². The molecule has 0 atom stereocenters. The SMILES string of the molecule is CCCCCOc1c(Cl)c(Cl)c2c(c1Cl)-c1nc-2nc2[n-]c(nc3nc(nc4[n-]c(n1)c1c(Cl)c(Cl)c(OCCCCC)c(Cl)c41)-c1c(Cl)c(Cl)c(Oc4ccccc4-c4ccccc4)c(Cl)c1-3)c1c(Cl)c(Cl)c(Oc3ccccc3-c3ccccc3)c(Cl)c21.[Zn+2]. The Kier molecular flexibility index (Phi) is 19.7. The molecule has 0 saturated carbocycles. The van der Waals surface area contributed by atoms with E-state index in [9.17, 15) is 0 Å². The zero-order chi connectivity index (χ0) is 62.8. The van der Waals surface area contributed by atoms with Gasteiger partial charge in [-0.15, -0.1) is 0 Å². The Bertz CT molecular complexity index is 4950. The van der Waals surface area contributed by atoms with Crippen LogP contribution in [0, 0.1) is 0 Å². The van der Waals surface area contributed by atoms with Crippen LogP contribution in [0.4, 0.5) is 0 Å². The van der Waals surface area contributed by atoms with Crippen molar-refractivity contribution in [1.82, 2.24) is 39.9 Å². The quantitative estimate of drug-likeness (QED) is 0.0516. The minimum Gasteiger partial charge on any atom is -0.490 e. The molecule has 5 heterocycles. The average Bonchev–Trinajstić information content (AvgIpc) is 1.63. The van der Waals surface area contributed by atoms with Gasteiger partial charge >= 0.3 is 19.5 Å². The van der Waals surface area contributed by atoms with Gasteiger partial charge in [-0.05, 0) is 36.1 Å². The molecular weight excluding hydrogens is 1460 g/mol. The molecule has 0 saturated heterocycles. The second-order valence-corrected chi connectivity index (χ2v) is 25.1. The molecule has 91 heavy (non-hydrogen) atoms. The Hall–Kier alpha value is -5.58. The van der Waals surface area contributed by atoms with Crippen LogP contribution in [0.25, 0.3) is 112 Å². The van der Waals surface area contributed by atoms with Crippen molar-refractivity contribution >= 4 is 183 Å². The second kappa shape index (κ2) is 27.4. The van der Waals surface area contributed by atoms with Gasteiger partial charge in [0, 0.05) is 77.5 Å². The van der Waals surface area contributed by atoms with E-state index in [0.29, 0.717) is 24.3 Å². The predicted octanol–water partition coefficient (Wildman–Crippen LogP) is 24.0. The van der Waals surface area contributed by atoms with E-state index in [1.54, 1.807) is 12.1 Å². The molecule has 25 heteroatoms. The smallest absolute Gasteiger partial charge is 0.490 e. The molecule has 8 aromatic carbocycles. The first-order valence-corrected chi connectivity index (χ1v) is 32.6. The van der Waals surface area contributed by atoms with Crippen LogP contribution in [-0.4, -0.2) is 43.1 Å². The third kappa shape index (κ3) is 11.8. The van der Waals surface area contributed by atoms with Crippen LogP contribution < -0.4 is 28.9 Å². The molecule has 12 nitrogen and oxygen atoms in total. The molecule has 0 amide bonds. The van der Waals surface area contributed by atoms with Crippen molar-refractivity contribution in [3.05, 3.63) is 169 Å². The van der Waals surface area contributed by atoms with Crippen LogP contribution in [0.1, 0.15) is 52.4 Å². The van der Waals surface area contributed by atoms with E-state index >= 15 is 0 Å². The number of aromatic nitrogens is 8. The van der Waals surface area contributed by atoms with Gasteiger partial charge in [0.1, 0.15) is 31.6 Å². The summed E-state index contributed by atoms with van der Waals surface area (Å²) in [7, 11) is 0. The van der Waals surface area contributed by atoms with Crippen LogP contribution in [0.2, 0.25) is 60.3 Å². The van der Waals surface area contributed by atoms with Gasteiger partial charge in [0.2, 0.25) is 0 Å². The number of halogens is 12. The monoisotopic (exact) mass is 1490 g/mol. The minimum absolute atomic E-state index is 0. The summed E-state index contributed by atoms with van der Waals surface area (Å²) in [5.74, 6) is 0.445. The zero-order valence-electron chi connectivity index (χ0n) is 47.5. The molecule has 3 aromatic heterocycles. The summed E-state index contributed by atoms with van der Waals surface area (Å²) >= 11 is 88.9. The topological polar surface area (TPSA) is 142 Å². The van der Waals surface area contributed by atoms with Crippen LogP contribution in [0.5, 0.6) is 34.5 Å². The number of fused-ring (bicyclic) bond motifs is 20. The maximum Gasteiger partial charge on any atom is 2.00 e. The first kappa shape index (κ1) is 65.5. The summed E-state index contributed by atoms with van der Waals surface area (Å²) in [4.78, 5) is 40.7. The molecule has 11 aromatic rings. The van der Waals surface area contributed by atoms with Gasteiger partial charge in [-0.1, -0.05) is 276 Å². The number of hydrogen-bond donors (Lipinski definition) is 0. The van der Waals surface area contributed by atoms with Crippen molar-refractivity contribution < 1.29 is 38.4 Å². The van der Waals surface area contributed by atoms with Gasteiger partial charge in [-0.2, -0.15) is 0 Å². The van der Waals surface area contributed by atoms with Crippen molar-refractivity contribution in [2.45, 2.75) is 52.4 Å². The van der Waals surface area contributed by atoms with E-state index in [1.165, 1.54) is 0 Å². The number of benzene rings is 8. The molecule has 0 radical (unpaired) electrons. The summed E-state index contributed by atoms with van der Waals surface area (Å²) in [6.07, 6.45) is 4.96. The average molecular weight is 1500 g/mol. The molecule has 0 N–H and O–H groups in total. The van der Waals surface area contributed by atoms with Crippen molar-refractivity contribution in [3.63, 3.8) is 0 Å². The summed E-state index contributed by atoms with van der Waals surface area (Å²) in [6, 6.07) is 34.0. The Balaban J connectivity index is 0.00000800. The van der Waals surface area contributed by atoms with E-state index in [4.69, 9.17) is 198 Å². The van der Waals surface area contributed by atoms with E-state index < -0.39 is 0 Å². The summed E-state index contributed by atoms with van der Waals surface area (Å²) < 4.78 is 26.0. The zero-order valence-corrected chi connectivity index (χ0v) is 59.5. The molecule has 0 aliphatic carbocycles. The molecule has 0 spiro atoms. The third-order valence-corrected chi connectivity index (χ3v) is 19.7. The Labute approximate surface area is 593 Å². The number of rotatable bonds is 16. The second-order valence-electron chi connectivity index (χ2n) is 20.6. The van der Waals surface area contributed by atoms with E-state index in [1.807, 2.05) is 97.1 Å². The summed E-state index contributed by atoms with van der Waals surface area (Å²) in [5.41, 5.74) is 3.23. The Morgan fingerprint density at radius 2 is 0.626 bits per heavy atom. The number of ether oxygens (including phenoxy) is 4. The minimum atomic E-state index is -0.120. The largest absolute Gasteiger partial charge is 2.00 e. The fourth-order valence-electron chi connectivity index (χ4n) is 10.7. The summed E-state index contributed by atoms with van der Waals surface area (Å²) in [5, 5.41) is -0.161. The maximum absolute atomic E-state index is 7.64. The number of hydrogen-bond acceptors (Lipinski definition) is 10. The van der Waals surface area contributed by atoms with Gasteiger partial charge < -0.3 is 48.9 Å². The van der Waals surface area contributed by atoms with E-state index in [2.05, 4.69) is 13.8 Å². The normalized spacial score (nSPS) is 11.7. The number of para-hydroxylation sites is 2. The first-order valence-electron chi connectivity index (χ1n) is 28.0. The van der Waals surface area contributed by atoms with Gasteiger partial charge in [0.25, 0.3) is 0 Å². The van der Waals surface area contributed by atoms with Crippen LogP contribution >= 0.6 is 139 Å². The molecule has 0 fully saturated rings. The van der Waals surface area contributed by atoms with E-state index in [-0.39, 0.29) is 206 Å². The molecule has 0 unspecified atom stereocenters. The predicted molar refractivity (Wildman–Crippen MR) is 368 cm³/mol. The van der Waals surface area contributed by atoms with Gasteiger partial charge in [-0.3, -0.25) is 0 Å². The summed E-state index contributed by atoms with van der Waals surface area (Å²) in [6.45, 7) is 4.65. The molecule has 2 aliphatic heterocycles. The van der Waals surface area contributed by atoms with Crippen molar-refractivity contribution in [2.75, 3.05) is 13.2 Å². The van der Waals surface area contributed by atoms with Gasteiger partial charge in [-0.25, -0.2) is 9.97 Å². The third-order valence-electron chi connectivity index (χ3n) is 15.0. The molecule has 13 rings (SSSR count). The Morgan fingerprint density at radius 1 is 0.319 bits per heavy atom. The van der Waals surface area contributed by atoms with Crippen LogP contribution in [0.3, 0.4) is 0 Å². The van der Waals surface area contributed by atoms with Crippen molar-refractivity contribution in [2.24, 2.45) is 0 Å².